The molecule has 0 atom stereocenters. The van der Waals surface area contributed by atoms with Crippen molar-refractivity contribution in [2.24, 2.45) is 0 Å². The van der Waals surface area contributed by atoms with Crippen molar-refractivity contribution >= 4 is 43.4 Å². The van der Waals surface area contributed by atoms with Crippen LogP contribution >= 0.6 is 26.2 Å². The zero-order chi connectivity index (χ0) is 26.7. The van der Waals surface area contributed by atoms with E-state index in [-0.39, 0.29) is 22.3 Å². The molecule has 13 heteroatoms. The fourth-order valence-corrected chi connectivity index (χ4v) is 5.15. The lowest BCUT2D eigenvalue weighted by Crippen LogP contribution is -2.14. The van der Waals surface area contributed by atoms with Crippen LogP contribution in [0.3, 0.4) is 0 Å². The largest absolute Gasteiger partial charge is 0.322 e. The summed E-state index contributed by atoms with van der Waals surface area (Å²) in [7, 11) is -9.98. The maximum Gasteiger partial charge on any atom is 0.310 e. The number of rotatable bonds is 5. The summed E-state index contributed by atoms with van der Waals surface area (Å²) in [6.07, 6.45) is 6.88. The molecular formula is C24H17BrF5N5OS. The Kier molecular flexibility index (Phi) is 5.32. The van der Waals surface area contributed by atoms with Gasteiger partial charge >= 0.3 is 10.2 Å². The summed E-state index contributed by atoms with van der Waals surface area (Å²) >= 11 is 2.79. The molecule has 0 fully saturated rings. The molecule has 0 radical (unpaired) electrons. The van der Waals surface area contributed by atoms with E-state index in [1.807, 2.05) is 23.6 Å². The Morgan fingerprint density at radius 2 is 1.78 bits per heavy atom. The SMILES string of the molecule is Cc1ccc(NC(=O)c2cc(Br)cc(S(F)(F)(F)(F)F)c2)cc1-n1ccn2nc(-c3cccnc3)cc12. The van der Waals surface area contributed by atoms with E-state index >= 15 is 0 Å². The summed E-state index contributed by atoms with van der Waals surface area (Å²) in [5.74, 6) is -0.972. The molecule has 0 saturated carbocycles. The molecule has 2 aromatic carbocycles. The molecule has 3 aromatic heterocycles. The number of carbonyl (C=O) groups excluding carboxylic acids is 1. The van der Waals surface area contributed by atoms with Gasteiger partial charge in [0.2, 0.25) is 0 Å². The monoisotopic (exact) mass is 597 g/mol. The molecule has 0 spiro atoms. The number of nitrogens with zero attached hydrogens (tertiary/aromatic N) is 4. The zero-order valence-corrected chi connectivity index (χ0v) is 21.3. The summed E-state index contributed by atoms with van der Waals surface area (Å²) in [6, 6.07) is 11.9. The minimum atomic E-state index is -9.98. The molecule has 0 saturated heterocycles. The van der Waals surface area contributed by atoms with Gasteiger partial charge in [-0.05, 0) is 55.0 Å². The van der Waals surface area contributed by atoms with Crippen molar-refractivity contribution in [2.45, 2.75) is 11.8 Å². The van der Waals surface area contributed by atoms with Gasteiger partial charge < -0.3 is 5.32 Å². The van der Waals surface area contributed by atoms with E-state index in [9.17, 15) is 24.2 Å². The van der Waals surface area contributed by atoms with Crippen molar-refractivity contribution in [3.05, 3.63) is 95.0 Å². The molecule has 0 bridgehead atoms. The van der Waals surface area contributed by atoms with E-state index in [2.05, 4.69) is 31.3 Å². The molecule has 0 aliphatic rings. The number of imidazole rings is 1. The van der Waals surface area contributed by atoms with Gasteiger partial charge in [0.25, 0.3) is 5.91 Å². The molecule has 6 nitrogen and oxygen atoms in total. The fraction of sp³-hybridized carbons (Fsp3) is 0.0417. The topological polar surface area (TPSA) is 64.2 Å². The molecular weight excluding hydrogens is 581 g/mol. The summed E-state index contributed by atoms with van der Waals surface area (Å²) in [5, 5.41) is 7.04. The molecule has 192 valence electrons. The number of hydrogen-bond donors (Lipinski definition) is 1. The first-order valence-corrected chi connectivity index (χ1v) is 13.4. The van der Waals surface area contributed by atoms with Crippen molar-refractivity contribution in [2.75, 3.05) is 5.32 Å². The van der Waals surface area contributed by atoms with Crippen LogP contribution in [0.1, 0.15) is 15.9 Å². The Morgan fingerprint density at radius 3 is 2.49 bits per heavy atom. The van der Waals surface area contributed by atoms with Crippen LogP contribution in [-0.4, -0.2) is 25.1 Å². The number of amides is 1. The Bertz CT molecular complexity index is 1680. The van der Waals surface area contributed by atoms with Crippen LogP contribution in [-0.2, 0) is 0 Å². The minimum absolute atomic E-state index is 0.151. The van der Waals surface area contributed by atoms with Crippen LogP contribution in [0.25, 0.3) is 22.6 Å². The van der Waals surface area contributed by atoms with Gasteiger partial charge in [-0.3, -0.25) is 14.3 Å². The highest BCUT2D eigenvalue weighted by Crippen LogP contribution is 3.02. The van der Waals surface area contributed by atoms with E-state index in [0.29, 0.717) is 11.4 Å². The quantitative estimate of drug-likeness (QED) is 0.208. The number of fused-ring (bicyclic) bond motifs is 1. The van der Waals surface area contributed by atoms with Gasteiger partial charge in [0.1, 0.15) is 10.5 Å². The maximum absolute atomic E-state index is 13.3. The number of carbonyl (C=O) groups is 1. The Balaban J connectivity index is 1.48. The Morgan fingerprint density at radius 1 is 1.00 bits per heavy atom. The summed E-state index contributed by atoms with van der Waals surface area (Å²) in [6.45, 7) is 1.85. The number of pyridine rings is 1. The number of aromatic nitrogens is 4. The highest BCUT2D eigenvalue weighted by atomic mass is 79.9. The molecule has 5 rings (SSSR count). The number of halogens is 6. The molecule has 0 unspecified atom stereocenters. The van der Waals surface area contributed by atoms with Crippen molar-refractivity contribution in [1.29, 1.82) is 0 Å². The predicted molar refractivity (Wildman–Crippen MR) is 136 cm³/mol. The average molecular weight is 598 g/mol. The lowest BCUT2D eigenvalue weighted by Gasteiger charge is -2.40. The van der Waals surface area contributed by atoms with Crippen molar-refractivity contribution in [3.8, 4) is 16.9 Å². The number of hydrogen-bond acceptors (Lipinski definition) is 3. The van der Waals surface area contributed by atoms with E-state index in [0.717, 1.165) is 22.8 Å². The van der Waals surface area contributed by atoms with Gasteiger partial charge in [-0.2, -0.15) is 5.10 Å². The van der Waals surface area contributed by atoms with Crippen LogP contribution in [0.5, 0.6) is 0 Å². The lowest BCUT2D eigenvalue weighted by molar-refractivity contribution is 0.102. The van der Waals surface area contributed by atoms with Gasteiger partial charge in [-0.25, -0.2) is 4.52 Å². The van der Waals surface area contributed by atoms with Crippen molar-refractivity contribution in [1.82, 2.24) is 19.2 Å². The number of anilines is 1. The second kappa shape index (κ2) is 7.89. The third-order valence-corrected chi connectivity index (χ3v) is 7.17. The normalized spacial score (nSPS) is 13.8. The standard InChI is InChI=1S/C24H17BrF5N5OS/c1-15-4-5-19(32-24(36)17-9-18(25)11-20(10-17)37(26,27,28,29)30)12-22(15)34-7-8-35-23(34)13-21(33-35)16-3-2-6-31-14-16/h2-14H,1H3,(H,32,36). The first kappa shape index (κ1) is 25.0. The molecule has 37 heavy (non-hydrogen) atoms. The molecule has 1 N–H and O–H groups in total. The van der Waals surface area contributed by atoms with Crippen LogP contribution in [0.2, 0.25) is 0 Å². The predicted octanol–water partition coefficient (Wildman–Crippen LogP) is 8.17. The van der Waals surface area contributed by atoms with Gasteiger partial charge in [0, 0.05) is 52.1 Å². The summed E-state index contributed by atoms with van der Waals surface area (Å²) < 4.78 is 69.8. The molecule has 0 aliphatic heterocycles. The first-order chi connectivity index (χ1) is 17.2. The minimum Gasteiger partial charge on any atom is -0.322 e. The van der Waals surface area contributed by atoms with Crippen LogP contribution in [0, 0.1) is 6.92 Å². The van der Waals surface area contributed by atoms with Gasteiger partial charge in [-0.1, -0.05) is 41.4 Å². The molecule has 3 heterocycles. The summed E-state index contributed by atoms with van der Waals surface area (Å²) in [5.41, 5.74) is 3.46. The average Bonchev–Trinajstić information content (AvgIpc) is 3.40. The van der Waals surface area contributed by atoms with E-state index in [1.54, 1.807) is 53.6 Å². The van der Waals surface area contributed by atoms with Gasteiger partial charge in [0.15, 0.2) is 0 Å². The lowest BCUT2D eigenvalue weighted by atomic mass is 10.1. The van der Waals surface area contributed by atoms with Gasteiger partial charge in [-0.15, -0.1) is 0 Å². The Labute approximate surface area is 215 Å². The highest BCUT2D eigenvalue weighted by Gasteiger charge is 2.65. The Hall–Kier alpha value is -3.71. The van der Waals surface area contributed by atoms with E-state index in [1.165, 1.54) is 0 Å². The second-order valence-corrected chi connectivity index (χ2v) is 11.7. The zero-order valence-electron chi connectivity index (χ0n) is 18.9. The highest BCUT2D eigenvalue weighted by molar-refractivity contribution is 9.10. The van der Waals surface area contributed by atoms with E-state index < -0.39 is 26.6 Å². The van der Waals surface area contributed by atoms with E-state index in [4.69, 9.17) is 0 Å². The van der Waals surface area contributed by atoms with Crippen LogP contribution in [0.15, 0.2) is 88.8 Å². The number of benzene rings is 2. The third-order valence-electron chi connectivity index (χ3n) is 5.58. The smallest absolute Gasteiger partial charge is 0.310 e. The molecule has 1 amide bonds. The second-order valence-electron chi connectivity index (χ2n) is 8.34. The maximum atomic E-state index is 13.3. The molecule has 0 aliphatic carbocycles. The first-order valence-electron chi connectivity index (χ1n) is 10.6. The number of aryl methyl sites for hydroxylation is 1. The summed E-state index contributed by atoms with van der Waals surface area (Å²) in [4.78, 5) is 14.7. The fourth-order valence-electron chi connectivity index (χ4n) is 3.81. The van der Waals surface area contributed by atoms with Crippen molar-refractivity contribution < 1.29 is 24.2 Å². The van der Waals surface area contributed by atoms with Crippen molar-refractivity contribution in [3.63, 3.8) is 0 Å². The molecule has 5 aromatic rings. The number of nitrogens with one attached hydrogen (secondary N) is 1. The van der Waals surface area contributed by atoms with Crippen LogP contribution in [0.4, 0.5) is 25.1 Å². The van der Waals surface area contributed by atoms with Gasteiger partial charge in [0.05, 0.1) is 11.4 Å². The third kappa shape index (κ3) is 5.09. The van der Waals surface area contributed by atoms with Crippen LogP contribution < -0.4 is 5.32 Å².